The topological polar surface area (TPSA) is 36.9 Å². The van der Waals surface area contributed by atoms with Crippen molar-refractivity contribution in [1.82, 2.24) is 0 Å². The van der Waals surface area contributed by atoms with E-state index in [1.165, 1.54) is 11.1 Å². The molecule has 1 unspecified atom stereocenters. The van der Waals surface area contributed by atoms with E-state index in [4.69, 9.17) is 18.9 Å². The highest BCUT2D eigenvalue weighted by Gasteiger charge is 2.23. The minimum absolute atomic E-state index is 0.138. The van der Waals surface area contributed by atoms with Crippen LogP contribution in [0.5, 0.6) is 11.5 Å². The molecule has 1 aromatic rings. The fourth-order valence-electron chi connectivity index (χ4n) is 2.61. The Morgan fingerprint density at radius 2 is 1.95 bits per heavy atom. The number of ether oxygens (including phenoxy) is 4. The third-order valence-corrected chi connectivity index (χ3v) is 3.64. The largest absolute Gasteiger partial charge is 0.493 e. The van der Waals surface area contributed by atoms with E-state index in [1.54, 1.807) is 14.2 Å². The Hall–Kier alpha value is -1.26. The maximum absolute atomic E-state index is 5.91. The zero-order valence-corrected chi connectivity index (χ0v) is 12.6. The molecule has 112 valence electrons. The van der Waals surface area contributed by atoms with Gasteiger partial charge in [-0.25, -0.2) is 0 Å². The summed E-state index contributed by atoms with van der Waals surface area (Å²) in [4.78, 5) is 0. The van der Waals surface area contributed by atoms with Crippen molar-refractivity contribution in [3.63, 3.8) is 0 Å². The van der Waals surface area contributed by atoms with Crippen LogP contribution in [0.3, 0.4) is 0 Å². The molecule has 0 aliphatic carbocycles. The number of benzene rings is 1. The molecule has 0 N–H and O–H groups in total. The minimum atomic E-state index is 0.138. The lowest BCUT2D eigenvalue weighted by atomic mass is 9.94. The van der Waals surface area contributed by atoms with Crippen LogP contribution >= 0.6 is 0 Å². The van der Waals surface area contributed by atoms with Crippen LogP contribution in [0.25, 0.3) is 0 Å². The van der Waals surface area contributed by atoms with E-state index in [1.807, 2.05) is 6.92 Å². The highest BCUT2D eigenvalue weighted by Crippen LogP contribution is 2.38. The van der Waals surface area contributed by atoms with E-state index >= 15 is 0 Å². The van der Waals surface area contributed by atoms with Gasteiger partial charge >= 0.3 is 0 Å². The van der Waals surface area contributed by atoms with Gasteiger partial charge in [0.05, 0.1) is 26.9 Å². The standard InChI is InChI=1S/C16H24O4/c1-4-19-8-5-6-14-13-11-16(18-3)15(17-2)10-12(13)7-9-20-14/h10-11,14H,4-9H2,1-3H3. The molecule has 0 saturated heterocycles. The van der Waals surface area contributed by atoms with E-state index in [9.17, 15) is 0 Å². The van der Waals surface area contributed by atoms with Crippen LogP contribution in [0.15, 0.2) is 12.1 Å². The van der Waals surface area contributed by atoms with Crippen LogP contribution in [-0.4, -0.2) is 34.0 Å². The maximum atomic E-state index is 5.91. The van der Waals surface area contributed by atoms with Gasteiger partial charge in [0, 0.05) is 13.2 Å². The molecule has 0 amide bonds. The smallest absolute Gasteiger partial charge is 0.161 e. The number of rotatable bonds is 7. The van der Waals surface area contributed by atoms with Crippen LogP contribution in [0.2, 0.25) is 0 Å². The second-order valence-electron chi connectivity index (χ2n) is 4.85. The number of fused-ring (bicyclic) bond motifs is 1. The third-order valence-electron chi connectivity index (χ3n) is 3.64. The van der Waals surface area contributed by atoms with E-state index in [2.05, 4.69) is 12.1 Å². The first-order valence-electron chi connectivity index (χ1n) is 7.24. The quantitative estimate of drug-likeness (QED) is 0.719. The van der Waals surface area contributed by atoms with Crippen molar-refractivity contribution < 1.29 is 18.9 Å². The highest BCUT2D eigenvalue weighted by molar-refractivity contribution is 5.48. The Bertz CT molecular complexity index is 431. The fraction of sp³-hybridized carbons (Fsp3) is 0.625. The summed E-state index contributed by atoms with van der Waals surface area (Å²) in [5.74, 6) is 1.56. The molecular formula is C16H24O4. The molecule has 1 aliphatic heterocycles. The molecular weight excluding hydrogens is 256 g/mol. The Balaban J connectivity index is 2.12. The van der Waals surface area contributed by atoms with E-state index < -0.39 is 0 Å². The lowest BCUT2D eigenvalue weighted by Crippen LogP contribution is -2.17. The van der Waals surface area contributed by atoms with Crippen LogP contribution in [-0.2, 0) is 15.9 Å². The average molecular weight is 280 g/mol. The molecule has 1 atom stereocenters. The van der Waals surface area contributed by atoms with Gasteiger partial charge in [0.15, 0.2) is 11.5 Å². The Kier molecular flexibility index (Phi) is 5.68. The van der Waals surface area contributed by atoms with E-state index in [-0.39, 0.29) is 6.10 Å². The Morgan fingerprint density at radius 1 is 1.20 bits per heavy atom. The molecule has 1 heterocycles. The first-order valence-corrected chi connectivity index (χ1v) is 7.24. The molecule has 1 aromatic carbocycles. The minimum Gasteiger partial charge on any atom is -0.493 e. The first-order chi connectivity index (χ1) is 9.80. The van der Waals surface area contributed by atoms with Gasteiger partial charge in [0.2, 0.25) is 0 Å². The summed E-state index contributed by atoms with van der Waals surface area (Å²) in [6, 6.07) is 4.13. The summed E-state index contributed by atoms with van der Waals surface area (Å²) in [5.41, 5.74) is 2.53. The molecule has 0 saturated carbocycles. The Morgan fingerprint density at radius 3 is 2.65 bits per heavy atom. The lowest BCUT2D eigenvalue weighted by molar-refractivity contribution is 0.0279. The number of hydrogen-bond acceptors (Lipinski definition) is 4. The van der Waals surface area contributed by atoms with E-state index in [0.29, 0.717) is 0 Å². The van der Waals surface area contributed by atoms with Crippen LogP contribution in [0.1, 0.15) is 37.0 Å². The van der Waals surface area contributed by atoms with Crippen LogP contribution < -0.4 is 9.47 Å². The molecule has 4 nitrogen and oxygen atoms in total. The highest BCUT2D eigenvalue weighted by atomic mass is 16.5. The van der Waals surface area contributed by atoms with Crippen molar-refractivity contribution in [3.8, 4) is 11.5 Å². The van der Waals surface area contributed by atoms with Gasteiger partial charge in [-0.05, 0) is 49.4 Å². The Labute approximate surface area is 121 Å². The molecule has 0 fully saturated rings. The van der Waals surface area contributed by atoms with Gasteiger partial charge in [-0.2, -0.15) is 0 Å². The molecule has 0 spiro atoms. The zero-order chi connectivity index (χ0) is 14.4. The summed E-state index contributed by atoms with van der Waals surface area (Å²) >= 11 is 0. The predicted molar refractivity (Wildman–Crippen MR) is 77.7 cm³/mol. The molecule has 20 heavy (non-hydrogen) atoms. The first kappa shape index (κ1) is 15.1. The molecule has 0 radical (unpaired) electrons. The van der Waals surface area contributed by atoms with Crippen molar-refractivity contribution in [2.75, 3.05) is 34.0 Å². The summed E-state index contributed by atoms with van der Waals surface area (Å²) in [6.07, 6.45) is 3.05. The van der Waals surface area contributed by atoms with Crippen LogP contribution in [0, 0.1) is 0 Å². The summed E-state index contributed by atoms with van der Waals surface area (Å²) in [6.45, 7) is 4.34. The van der Waals surface area contributed by atoms with Gasteiger partial charge in [-0.1, -0.05) is 0 Å². The molecule has 0 bridgehead atoms. The SMILES string of the molecule is CCOCCCC1OCCc2cc(OC)c(OC)cc21. The maximum Gasteiger partial charge on any atom is 0.161 e. The molecule has 2 rings (SSSR count). The summed E-state index contributed by atoms with van der Waals surface area (Å²) in [5, 5.41) is 0. The van der Waals surface area contributed by atoms with E-state index in [0.717, 1.165) is 50.6 Å². The monoisotopic (exact) mass is 280 g/mol. The molecule has 1 aliphatic rings. The van der Waals surface area contributed by atoms with Crippen molar-refractivity contribution in [2.24, 2.45) is 0 Å². The molecule has 4 heteroatoms. The van der Waals surface area contributed by atoms with Gasteiger partial charge in [0.1, 0.15) is 0 Å². The summed E-state index contributed by atoms with van der Waals surface area (Å²) in [7, 11) is 3.33. The summed E-state index contributed by atoms with van der Waals surface area (Å²) < 4.78 is 22.1. The van der Waals surface area contributed by atoms with Gasteiger partial charge in [-0.15, -0.1) is 0 Å². The van der Waals surface area contributed by atoms with Crippen molar-refractivity contribution in [1.29, 1.82) is 0 Å². The normalized spacial score (nSPS) is 17.6. The average Bonchev–Trinajstić information content (AvgIpc) is 2.50. The van der Waals surface area contributed by atoms with Gasteiger partial charge < -0.3 is 18.9 Å². The van der Waals surface area contributed by atoms with Crippen molar-refractivity contribution in [3.05, 3.63) is 23.3 Å². The molecule has 0 aromatic heterocycles. The second-order valence-corrected chi connectivity index (χ2v) is 4.85. The second kappa shape index (κ2) is 7.50. The zero-order valence-electron chi connectivity index (χ0n) is 12.6. The number of hydrogen-bond donors (Lipinski definition) is 0. The number of methoxy groups -OCH3 is 2. The lowest BCUT2D eigenvalue weighted by Gasteiger charge is -2.27. The predicted octanol–water partition coefficient (Wildman–Crippen LogP) is 3.13. The van der Waals surface area contributed by atoms with Crippen molar-refractivity contribution >= 4 is 0 Å². The van der Waals surface area contributed by atoms with Gasteiger partial charge in [0.25, 0.3) is 0 Å². The van der Waals surface area contributed by atoms with Crippen molar-refractivity contribution in [2.45, 2.75) is 32.3 Å². The van der Waals surface area contributed by atoms with Gasteiger partial charge in [-0.3, -0.25) is 0 Å². The fourth-order valence-corrected chi connectivity index (χ4v) is 2.61. The third kappa shape index (κ3) is 3.44. The van der Waals surface area contributed by atoms with Crippen LogP contribution in [0.4, 0.5) is 0 Å².